The molecule has 1 aliphatic heterocycles. The number of fused-ring (bicyclic) bond motifs is 1. The van der Waals surface area contributed by atoms with Crippen molar-refractivity contribution in [2.75, 3.05) is 17.2 Å². The molecule has 0 radical (unpaired) electrons. The molecular formula is C15H12Cl2N2O2. The summed E-state index contributed by atoms with van der Waals surface area (Å²) in [5.41, 5.74) is 7.68. The predicted octanol–water partition coefficient (Wildman–Crippen LogP) is 3.50. The number of hydrogen-bond donors (Lipinski definition) is 1. The van der Waals surface area contributed by atoms with E-state index in [2.05, 4.69) is 0 Å². The molecular weight excluding hydrogens is 311 g/mol. The maximum Gasteiger partial charge on any atom is 0.265 e. The molecule has 2 aromatic rings. The minimum atomic E-state index is -0.163. The van der Waals surface area contributed by atoms with Crippen LogP contribution >= 0.6 is 23.2 Å². The molecule has 1 amide bonds. The summed E-state index contributed by atoms with van der Waals surface area (Å²) in [7, 11) is 0. The van der Waals surface area contributed by atoms with Gasteiger partial charge in [-0.25, -0.2) is 0 Å². The van der Waals surface area contributed by atoms with E-state index in [1.54, 1.807) is 41.3 Å². The van der Waals surface area contributed by atoms with Crippen molar-refractivity contribution in [2.45, 2.75) is 6.54 Å². The normalized spacial score (nSPS) is 13.8. The summed E-state index contributed by atoms with van der Waals surface area (Å²) in [6.45, 7) is 0.260. The van der Waals surface area contributed by atoms with Crippen molar-refractivity contribution in [2.24, 2.45) is 0 Å². The van der Waals surface area contributed by atoms with Gasteiger partial charge < -0.3 is 15.4 Å². The number of anilines is 2. The van der Waals surface area contributed by atoms with E-state index in [-0.39, 0.29) is 19.1 Å². The molecule has 0 saturated carbocycles. The van der Waals surface area contributed by atoms with E-state index in [1.807, 2.05) is 0 Å². The van der Waals surface area contributed by atoms with Crippen LogP contribution in [0.5, 0.6) is 5.75 Å². The van der Waals surface area contributed by atoms with E-state index in [0.717, 1.165) is 0 Å². The molecule has 0 unspecified atom stereocenters. The van der Waals surface area contributed by atoms with Crippen LogP contribution in [-0.4, -0.2) is 12.5 Å². The zero-order chi connectivity index (χ0) is 15.0. The third-order valence-corrected chi connectivity index (χ3v) is 4.01. The fourth-order valence-electron chi connectivity index (χ4n) is 2.23. The first-order chi connectivity index (χ1) is 10.1. The molecule has 2 N–H and O–H groups in total. The molecule has 1 aliphatic rings. The molecule has 2 aromatic carbocycles. The van der Waals surface area contributed by atoms with Gasteiger partial charge >= 0.3 is 0 Å². The first kappa shape index (κ1) is 14.0. The number of ether oxygens (including phenoxy) is 1. The van der Waals surface area contributed by atoms with Crippen LogP contribution in [0.4, 0.5) is 11.4 Å². The van der Waals surface area contributed by atoms with Crippen molar-refractivity contribution in [3.63, 3.8) is 0 Å². The molecule has 0 saturated heterocycles. The maximum absolute atomic E-state index is 12.2. The fourth-order valence-corrected chi connectivity index (χ4v) is 2.75. The number of nitrogen functional groups attached to an aromatic ring is 1. The van der Waals surface area contributed by atoms with Crippen molar-refractivity contribution in [1.29, 1.82) is 0 Å². The Morgan fingerprint density at radius 1 is 1.19 bits per heavy atom. The summed E-state index contributed by atoms with van der Waals surface area (Å²) in [6.07, 6.45) is 0. The average molecular weight is 323 g/mol. The second kappa shape index (κ2) is 5.47. The molecule has 0 atom stereocenters. The zero-order valence-electron chi connectivity index (χ0n) is 11.0. The van der Waals surface area contributed by atoms with E-state index in [1.165, 1.54) is 0 Å². The van der Waals surface area contributed by atoms with Crippen molar-refractivity contribution >= 4 is 40.5 Å². The summed E-state index contributed by atoms with van der Waals surface area (Å²) in [4.78, 5) is 13.8. The van der Waals surface area contributed by atoms with Gasteiger partial charge in [-0.05, 0) is 30.3 Å². The number of carbonyl (C=O) groups is 1. The van der Waals surface area contributed by atoms with Gasteiger partial charge in [0.25, 0.3) is 5.91 Å². The highest BCUT2D eigenvalue weighted by Gasteiger charge is 2.27. The standard InChI is InChI=1S/C15H12Cl2N2O2/c16-11-2-1-3-12(17)10(11)7-19-13-6-9(18)4-5-14(13)21-8-15(19)20/h1-6H,7-8,18H2. The number of nitrogens with zero attached hydrogens (tertiary/aromatic N) is 1. The Labute approximate surface area is 132 Å². The monoisotopic (exact) mass is 322 g/mol. The van der Waals surface area contributed by atoms with Crippen LogP contribution in [0.15, 0.2) is 36.4 Å². The molecule has 4 nitrogen and oxygen atoms in total. The quantitative estimate of drug-likeness (QED) is 0.861. The molecule has 0 bridgehead atoms. The lowest BCUT2D eigenvalue weighted by atomic mass is 10.1. The van der Waals surface area contributed by atoms with E-state index in [4.69, 9.17) is 33.7 Å². The van der Waals surface area contributed by atoms with E-state index in [0.29, 0.717) is 32.7 Å². The van der Waals surface area contributed by atoms with Crippen LogP contribution in [-0.2, 0) is 11.3 Å². The Hall–Kier alpha value is -1.91. The number of rotatable bonds is 2. The highest BCUT2D eigenvalue weighted by atomic mass is 35.5. The highest BCUT2D eigenvalue weighted by Crippen LogP contribution is 2.36. The van der Waals surface area contributed by atoms with Crippen LogP contribution in [0.3, 0.4) is 0 Å². The smallest absolute Gasteiger partial charge is 0.265 e. The number of nitrogens with two attached hydrogens (primary N) is 1. The molecule has 6 heteroatoms. The van der Waals surface area contributed by atoms with Gasteiger partial charge in [-0.1, -0.05) is 29.3 Å². The summed E-state index contributed by atoms with van der Waals surface area (Å²) >= 11 is 12.4. The number of carbonyl (C=O) groups excluding carboxylic acids is 1. The number of halogens is 2. The molecule has 0 fully saturated rings. The Balaban J connectivity index is 2.03. The summed E-state index contributed by atoms with van der Waals surface area (Å²) in [5.74, 6) is 0.455. The summed E-state index contributed by atoms with van der Waals surface area (Å²) in [6, 6.07) is 10.4. The van der Waals surface area contributed by atoms with Gasteiger partial charge in [-0.2, -0.15) is 0 Å². The van der Waals surface area contributed by atoms with Crippen molar-refractivity contribution in [3.05, 3.63) is 52.0 Å². The molecule has 0 aliphatic carbocycles. The Morgan fingerprint density at radius 3 is 2.62 bits per heavy atom. The number of amides is 1. The van der Waals surface area contributed by atoms with Gasteiger partial charge in [-0.15, -0.1) is 0 Å². The van der Waals surface area contributed by atoms with Gasteiger partial charge in [-0.3, -0.25) is 4.79 Å². The number of benzene rings is 2. The zero-order valence-corrected chi connectivity index (χ0v) is 12.5. The van der Waals surface area contributed by atoms with Crippen molar-refractivity contribution in [1.82, 2.24) is 0 Å². The lowest BCUT2D eigenvalue weighted by Crippen LogP contribution is -2.38. The van der Waals surface area contributed by atoms with Crippen molar-refractivity contribution in [3.8, 4) is 5.75 Å². The SMILES string of the molecule is Nc1ccc2c(c1)N(Cc1c(Cl)cccc1Cl)C(=O)CO2. The van der Waals surface area contributed by atoms with E-state index in [9.17, 15) is 4.79 Å². The van der Waals surface area contributed by atoms with Gasteiger partial charge in [0.15, 0.2) is 6.61 Å². The largest absolute Gasteiger partial charge is 0.482 e. The van der Waals surface area contributed by atoms with Gasteiger partial charge in [0.05, 0.1) is 12.2 Å². The minimum absolute atomic E-state index is 0.0149. The van der Waals surface area contributed by atoms with Gasteiger partial charge in [0.2, 0.25) is 0 Å². The molecule has 108 valence electrons. The van der Waals surface area contributed by atoms with Crippen LogP contribution in [0.1, 0.15) is 5.56 Å². The average Bonchev–Trinajstić information content (AvgIpc) is 2.45. The van der Waals surface area contributed by atoms with E-state index < -0.39 is 0 Å². The summed E-state index contributed by atoms with van der Waals surface area (Å²) in [5, 5.41) is 1.04. The van der Waals surface area contributed by atoms with Crippen LogP contribution in [0.25, 0.3) is 0 Å². The molecule has 21 heavy (non-hydrogen) atoms. The first-order valence-corrected chi connectivity index (χ1v) is 7.07. The van der Waals surface area contributed by atoms with Gasteiger partial charge in [0.1, 0.15) is 5.75 Å². The van der Waals surface area contributed by atoms with E-state index >= 15 is 0 Å². The predicted molar refractivity (Wildman–Crippen MR) is 84.0 cm³/mol. The van der Waals surface area contributed by atoms with Crippen LogP contribution in [0.2, 0.25) is 10.0 Å². The molecule has 0 aromatic heterocycles. The van der Waals surface area contributed by atoms with Crippen LogP contribution < -0.4 is 15.4 Å². The Morgan fingerprint density at radius 2 is 1.90 bits per heavy atom. The second-order valence-corrected chi connectivity index (χ2v) is 5.51. The molecule has 1 heterocycles. The Kier molecular flexibility index (Phi) is 3.66. The third kappa shape index (κ3) is 2.64. The highest BCUT2D eigenvalue weighted by molar-refractivity contribution is 6.36. The van der Waals surface area contributed by atoms with Crippen LogP contribution in [0, 0.1) is 0 Å². The second-order valence-electron chi connectivity index (χ2n) is 4.70. The summed E-state index contributed by atoms with van der Waals surface area (Å²) < 4.78 is 5.41. The first-order valence-electron chi connectivity index (χ1n) is 6.32. The lowest BCUT2D eigenvalue weighted by Gasteiger charge is -2.30. The topological polar surface area (TPSA) is 55.6 Å². The third-order valence-electron chi connectivity index (χ3n) is 3.30. The Bertz CT molecular complexity index is 699. The molecule has 3 rings (SSSR count). The lowest BCUT2D eigenvalue weighted by molar-refractivity contribution is -0.121. The van der Waals surface area contributed by atoms with Crippen molar-refractivity contribution < 1.29 is 9.53 Å². The molecule has 0 spiro atoms. The minimum Gasteiger partial charge on any atom is -0.482 e. The fraction of sp³-hybridized carbons (Fsp3) is 0.133. The van der Waals surface area contributed by atoms with Gasteiger partial charge in [0, 0.05) is 21.3 Å². The maximum atomic E-state index is 12.2. The number of hydrogen-bond acceptors (Lipinski definition) is 3.